The van der Waals surface area contributed by atoms with Gasteiger partial charge in [-0.05, 0) is 24.5 Å². The Labute approximate surface area is 93.1 Å². The second-order valence-electron chi connectivity index (χ2n) is 4.27. The highest BCUT2D eigenvalue weighted by Crippen LogP contribution is 2.49. The molecule has 0 aliphatic heterocycles. The maximum Gasteiger partial charge on any atom is 0.276 e. The van der Waals surface area contributed by atoms with E-state index < -0.39 is 17.9 Å². The molecule has 1 saturated carbocycles. The third kappa shape index (κ3) is 2.08. The van der Waals surface area contributed by atoms with E-state index in [4.69, 9.17) is 5.73 Å². The van der Waals surface area contributed by atoms with Gasteiger partial charge in [0.15, 0.2) is 0 Å². The number of aliphatic hydroxyl groups excluding tert-OH is 1. The zero-order valence-electron chi connectivity index (χ0n) is 8.87. The highest BCUT2D eigenvalue weighted by Gasteiger charge is 2.47. The number of alkyl halides is 2. The van der Waals surface area contributed by atoms with Gasteiger partial charge >= 0.3 is 0 Å². The van der Waals surface area contributed by atoms with Crippen molar-refractivity contribution in [2.24, 2.45) is 11.7 Å². The molecule has 0 amide bonds. The van der Waals surface area contributed by atoms with Gasteiger partial charge in [-0.2, -0.15) is 0 Å². The first-order valence-corrected chi connectivity index (χ1v) is 5.42. The SMILES string of the molecule is NCC(O)c1cccc(C(F)(F)C2CC2)c1. The van der Waals surface area contributed by atoms with E-state index in [2.05, 4.69) is 0 Å². The fraction of sp³-hybridized carbons (Fsp3) is 0.500. The smallest absolute Gasteiger partial charge is 0.276 e. The Morgan fingerprint density at radius 3 is 2.69 bits per heavy atom. The molecule has 0 aromatic heterocycles. The quantitative estimate of drug-likeness (QED) is 0.828. The van der Waals surface area contributed by atoms with Crippen LogP contribution in [0.3, 0.4) is 0 Å². The fourth-order valence-corrected chi connectivity index (χ4v) is 1.77. The molecule has 1 unspecified atom stereocenters. The van der Waals surface area contributed by atoms with E-state index in [1.807, 2.05) is 0 Å². The molecule has 2 rings (SSSR count). The number of benzene rings is 1. The summed E-state index contributed by atoms with van der Waals surface area (Å²) < 4.78 is 27.6. The molecule has 1 aliphatic rings. The van der Waals surface area contributed by atoms with Crippen molar-refractivity contribution < 1.29 is 13.9 Å². The molecule has 0 spiro atoms. The number of hydrogen-bond acceptors (Lipinski definition) is 2. The predicted octanol–water partition coefficient (Wildman–Crippen LogP) is 2.18. The number of nitrogens with two attached hydrogens (primary N) is 1. The van der Waals surface area contributed by atoms with Gasteiger partial charge in [0.05, 0.1) is 6.10 Å². The summed E-state index contributed by atoms with van der Waals surface area (Å²) in [4.78, 5) is 0. The molecule has 1 aliphatic carbocycles. The van der Waals surface area contributed by atoms with Gasteiger partial charge in [-0.25, -0.2) is 8.78 Å². The monoisotopic (exact) mass is 227 g/mol. The second-order valence-corrected chi connectivity index (χ2v) is 4.27. The first-order chi connectivity index (χ1) is 7.55. The summed E-state index contributed by atoms with van der Waals surface area (Å²) in [6.07, 6.45) is 0.294. The van der Waals surface area contributed by atoms with Crippen molar-refractivity contribution in [2.45, 2.75) is 24.9 Å². The second kappa shape index (κ2) is 4.11. The van der Waals surface area contributed by atoms with Crippen molar-refractivity contribution in [1.29, 1.82) is 0 Å². The van der Waals surface area contributed by atoms with Crippen molar-refractivity contribution in [1.82, 2.24) is 0 Å². The fourth-order valence-electron chi connectivity index (χ4n) is 1.77. The Morgan fingerprint density at radius 1 is 1.44 bits per heavy atom. The van der Waals surface area contributed by atoms with Crippen molar-refractivity contribution in [3.8, 4) is 0 Å². The third-order valence-electron chi connectivity index (χ3n) is 2.97. The van der Waals surface area contributed by atoms with Crippen molar-refractivity contribution in [3.63, 3.8) is 0 Å². The average Bonchev–Trinajstić information content (AvgIpc) is 3.12. The van der Waals surface area contributed by atoms with E-state index >= 15 is 0 Å². The Bertz CT molecular complexity index is 377. The summed E-state index contributed by atoms with van der Waals surface area (Å²) in [5.41, 5.74) is 5.74. The minimum Gasteiger partial charge on any atom is -0.387 e. The Hall–Kier alpha value is -1.00. The van der Waals surface area contributed by atoms with Crippen LogP contribution in [0.25, 0.3) is 0 Å². The third-order valence-corrected chi connectivity index (χ3v) is 2.97. The molecule has 0 saturated heterocycles. The molecule has 16 heavy (non-hydrogen) atoms. The molecule has 88 valence electrons. The summed E-state index contributed by atoms with van der Waals surface area (Å²) in [6.45, 7) is 0.0401. The number of halogens is 2. The van der Waals surface area contributed by atoms with Gasteiger partial charge in [0.1, 0.15) is 0 Å². The largest absolute Gasteiger partial charge is 0.387 e. The summed E-state index contributed by atoms with van der Waals surface area (Å²) in [5.74, 6) is -3.30. The zero-order chi connectivity index (χ0) is 11.8. The molecule has 0 radical (unpaired) electrons. The summed E-state index contributed by atoms with van der Waals surface area (Å²) in [5, 5.41) is 9.50. The molecule has 4 heteroatoms. The lowest BCUT2D eigenvalue weighted by atomic mass is 9.99. The molecule has 1 aromatic rings. The van der Waals surface area contributed by atoms with Crippen LogP contribution >= 0.6 is 0 Å². The van der Waals surface area contributed by atoms with E-state index in [0.29, 0.717) is 18.4 Å². The van der Waals surface area contributed by atoms with Gasteiger partial charge in [0, 0.05) is 18.0 Å². The van der Waals surface area contributed by atoms with Crippen molar-refractivity contribution in [2.75, 3.05) is 6.54 Å². The normalized spacial score (nSPS) is 18.5. The van der Waals surface area contributed by atoms with E-state index in [-0.39, 0.29) is 12.1 Å². The zero-order valence-corrected chi connectivity index (χ0v) is 8.87. The van der Waals surface area contributed by atoms with Gasteiger partial charge in [-0.3, -0.25) is 0 Å². The molecule has 0 heterocycles. The highest BCUT2D eigenvalue weighted by atomic mass is 19.3. The Kier molecular flexibility index (Phi) is 2.95. The summed E-state index contributed by atoms with van der Waals surface area (Å²) >= 11 is 0. The lowest BCUT2D eigenvalue weighted by Gasteiger charge is -2.18. The first kappa shape index (κ1) is 11.5. The molecular weight excluding hydrogens is 212 g/mol. The van der Waals surface area contributed by atoms with E-state index in [0.717, 1.165) is 0 Å². The molecule has 1 fully saturated rings. The summed E-state index contributed by atoms with van der Waals surface area (Å²) in [6, 6.07) is 5.92. The maximum atomic E-state index is 13.8. The Morgan fingerprint density at radius 2 is 2.12 bits per heavy atom. The van der Waals surface area contributed by atoms with Gasteiger partial charge in [-0.1, -0.05) is 18.2 Å². The van der Waals surface area contributed by atoms with Crippen LogP contribution in [-0.4, -0.2) is 11.7 Å². The van der Waals surface area contributed by atoms with Crippen LogP contribution in [-0.2, 0) is 5.92 Å². The van der Waals surface area contributed by atoms with Crippen LogP contribution in [0.4, 0.5) is 8.78 Å². The van der Waals surface area contributed by atoms with Crippen LogP contribution in [0.1, 0.15) is 30.1 Å². The minimum atomic E-state index is -2.77. The van der Waals surface area contributed by atoms with Gasteiger partial charge in [-0.15, -0.1) is 0 Å². The van der Waals surface area contributed by atoms with Crippen LogP contribution < -0.4 is 5.73 Å². The van der Waals surface area contributed by atoms with Gasteiger partial charge < -0.3 is 10.8 Å². The first-order valence-electron chi connectivity index (χ1n) is 5.42. The standard InChI is InChI=1S/C12H15F2NO/c13-12(14,9-4-5-9)10-3-1-2-8(6-10)11(16)7-15/h1-3,6,9,11,16H,4-5,7,15H2. The highest BCUT2D eigenvalue weighted by molar-refractivity contribution is 5.29. The topological polar surface area (TPSA) is 46.2 Å². The lowest BCUT2D eigenvalue weighted by Crippen LogP contribution is -2.17. The molecule has 3 N–H and O–H groups in total. The molecular formula is C12H15F2NO. The average molecular weight is 227 g/mol. The number of rotatable bonds is 4. The predicted molar refractivity (Wildman–Crippen MR) is 57.1 cm³/mol. The maximum absolute atomic E-state index is 13.8. The van der Waals surface area contributed by atoms with Gasteiger partial charge in [0.25, 0.3) is 5.92 Å². The van der Waals surface area contributed by atoms with Crippen LogP contribution in [0, 0.1) is 5.92 Å². The molecule has 2 nitrogen and oxygen atoms in total. The minimum absolute atomic E-state index is 0.0139. The molecule has 0 bridgehead atoms. The Balaban J connectivity index is 2.28. The number of aliphatic hydroxyl groups is 1. The molecule has 1 aromatic carbocycles. The van der Waals surface area contributed by atoms with Crippen LogP contribution in [0.15, 0.2) is 24.3 Å². The number of hydrogen-bond donors (Lipinski definition) is 2. The lowest BCUT2D eigenvalue weighted by molar-refractivity contribution is -0.0287. The van der Waals surface area contributed by atoms with Crippen LogP contribution in [0.5, 0.6) is 0 Å². The summed E-state index contributed by atoms with van der Waals surface area (Å²) in [7, 11) is 0. The van der Waals surface area contributed by atoms with Crippen molar-refractivity contribution in [3.05, 3.63) is 35.4 Å². The van der Waals surface area contributed by atoms with E-state index in [1.165, 1.54) is 12.1 Å². The van der Waals surface area contributed by atoms with Crippen LogP contribution in [0.2, 0.25) is 0 Å². The van der Waals surface area contributed by atoms with Gasteiger partial charge in [0.2, 0.25) is 0 Å². The van der Waals surface area contributed by atoms with E-state index in [1.54, 1.807) is 12.1 Å². The van der Waals surface area contributed by atoms with Crippen molar-refractivity contribution >= 4 is 0 Å². The van der Waals surface area contributed by atoms with E-state index in [9.17, 15) is 13.9 Å². The molecule has 1 atom stereocenters.